The second-order valence-corrected chi connectivity index (χ2v) is 7.18. The monoisotopic (exact) mass is 385 g/mol. The predicted octanol–water partition coefficient (Wildman–Crippen LogP) is 1.79. The van der Waals surface area contributed by atoms with Crippen molar-refractivity contribution in [1.82, 2.24) is 24.9 Å². The van der Waals surface area contributed by atoms with E-state index in [1.165, 1.54) is 11.8 Å². The fourth-order valence-corrected chi connectivity index (χ4v) is 3.43. The summed E-state index contributed by atoms with van der Waals surface area (Å²) in [5.74, 6) is 2.08. The van der Waals surface area contributed by atoms with Crippen LogP contribution in [0.15, 0.2) is 35.5 Å². The highest BCUT2D eigenvalue weighted by Gasteiger charge is 2.21. The molecule has 0 saturated carbocycles. The molecule has 3 aromatic rings. The molecule has 1 amide bonds. The normalized spacial score (nSPS) is 15.7. The zero-order valence-electron chi connectivity index (χ0n) is 15.0. The minimum atomic E-state index is -0.211. The van der Waals surface area contributed by atoms with Crippen molar-refractivity contribution in [2.45, 2.75) is 25.1 Å². The van der Waals surface area contributed by atoms with Gasteiger partial charge in [-0.05, 0) is 32.0 Å². The summed E-state index contributed by atoms with van der Waals surface area (Å²) in [4.78, 5) is 20.8. The number of nitrogens with zero attached hydrogens (tertiary/aromatic N) is 4. The summed E-state index contributed by atoms with van der Waals surface area (Å²) < 4.78 is 13.1. The zero-order valence-corrected chi connectivity index (χ0v) is 15.8. The molecule has 0 spiro atoms. The molecule has 1 aliphatic heterocycles. The Bertz CT molecular complexity index is 990. The Hall–Kier alpha value is -2.81. The molecule has 4 rings (SSSR count). The fourth-order valence-electron chi connectivity index (χ4n) is 2.78. The third-order valence-corrected chi connectivity index (χ3v) is 4.86. The first kappa shape index (κ1) is 17.6. The molecule has 0 aliphatic carbocycles. The molecule has 27 heavy (non-hydrogen) atoms. The van der Waals surface area contributed by atoms with Crippen LogP contribution in [0.25, 0.3) is 5.78 Å². The van der Waals surface area contributed by atoms with Crippen LogP contribution in [0.3, 0.4) is 0 Å². The summed E-state index contributed by atoms with van der Waals surface area (Å²) in [7, 11) is 0. The average Bonchev–Trinajstić information content (AvgIpc) is 3.08. The van der Waals surface area contributed by atoms with E-state index in [4.69, 9.17) is 9.47 Å². The van der Waals surface area contributed by atoms with Crippen molar-refractivity contribution in [1.29, 1.82) is 0 Å². The molecule has 9 heteroatoms. The van der Waals surface area contributed by atoms with Crippen molar-refractivity contribution in [3.63, 3.8) is 0 Å². The lowest BCUT2D eigenvalue weighted by Gasteiger charge is -2.26. The number of carbonyl (C=O) groups excluding carboxylic acids is 1. The first-order chi connectivity index (χ1) is 13.1. The third kappa shape index (κ3) is 3.97. The van der Waals surface area contributed by atoms with Crippen LogP contribution in [-0.2, 0) is 4.79 Å². The number of nitrogens with one attached hydrogen (secondary N) is 1. The summed E-state index contributed by atoms with van der Waals surface area (Å²) in [6.07, 6.45) is -0.211. The number of benzene rings is 1. The van der Waals surface area contributed by atoms with Crippen LogP contribution in [0.5, 0.6) is 11.5 Å². The van der Waals surface area contributed by atoms with Gasteiger partial charge < -0.3 is 14.8 Å². The Labute approximate surface area is 160 Å². The standard InChI is InChI=1S/C18H19N5O3S/c1-11-7-12(2)23-17(20-11)21-18(22-23)27-10-16(24)19-8-13-9-25-14-5-3-4-6-15(14)26-13/h3-7,13H,8-10H2,1-2H3,(H,19,24). The van der Waals surface area contributed by atoms with E-state index in [1.807, 2.05) is 44.2 Å². The largest absolute Gasteiger partial charge is 0.486 e. The highest BCUT2D eigenvalue weighted by atomic mass is 32.2. The van der Waals surface area contributed by atoms with Crippen molar-refractivity contribution < 1.29 is 14.3 Å². The molecule has 0 radical (unpaired) electrons. The number of ether oxygens (including phenoxy) is 2. The second-order valence-electron chi connectivity index (χ2n) is 6.24. The molecule has 3 heterocycles. The van der Waals surface area contributed by atoms with Crippen molar-refractivity contribution in [3.05, 3.63) is 41.7 Å². The quantitative estimate of drug-likeness (QED) is 0.670. The van der Waals surface area contributed by atoms with Gasteiger partial charge in [-0.3, -0.25) is 4.79 Å². The first-order valence-corrected chi connectivity index (χ1v) is 9.56. The molecule has 1 N–H and O–H groups in total. The van der Waals surface area contributed by atoms with E-state index in [0.717, 1.165) is 17.1 Å². The summed E-state index contributed by atoms with van der Waals surface area (Å²) in [6.45, 7) is 4.65. The Balaban J connectivity index is 1.28. The SMILES string of the molecule is Cc1cc(C)n2nc(SCC(=O)NCC3COc4ccccc4O3)nc2n1. The second kappa shape index (κ2) is 7.43. The zero-order chi connectivity index (χ0) is 18.8. The number of hydrogen-bond donors (Lipinski definition) is 1. The van der Waals surface area contributed by atoms with Crippen LogP contribution in [0, 0.1) is 13.8 Å². The highest BCUT2D eigenvalue weighted by Crippen LogP contribution is 2.30. The summed E-state index contributed by atoms with van der Waals surface area (Å²) >= 11 is 1.28. The molecule has 1 aromatic carbocycles. The fraction of sp³-hybridized carbons (Fsp3) is 0.333. The van der Waals surface area contributed by atoms with E-state index in [1.54, 1.807) is 4.52 Å². The number of hydrogen-bond acceptors (Lipinski definition) is 7. The number of fused-ring (bicyclic) bond motifs is 2. The van der Waals surface area contributed by atoms with Crippen molar-refractivity contribution in [3.8, 4) is 11.5 Å². The van der Waals surface area contributed by atoms with Gasteiger partial charge in [-0.25, -0.2) is 9.50 Å². The number of aromatic nitrogens is 4. The van der Waals surface area contributed by atoms with Gasteiger partial charge in [0.1, 0.15) is 12.7 Å². The van der Waals surface area contributed by atoms with E-state index >= 15 is 0 Å². The number of rotatable bonds is 5. The van der Waals surface area contributed by atoms with Gasteiger partial charge in [-0.2, -0.15) is 4.98 Å². The minimum absolute atomic E-state index is 0.109. The van der Waals surface area contributed by atoms with Crippen LogP contribution in [0.2, 0.25) is 0 Å². The lowest BCUT2D eigenvalue weighted by atomic mass is 10.2. The summed E-state index contributed by atoms with van der Waals surface area (Å²) in [6, 6.07) is 9.44. The Kier molecular flexibility index (Phi) is 4.85. The molecule has 140 valence electrons. The van der Waals surface area contributed by atoms with Crippen LogP contribution in [-0.4, -0.2) is 50.5 Å². The number of carbonyl (C=O) groups is 1. The topological polar surface area (TPSA) is 90.6 Å². The summed E-state index contributed by atoms with van der Waals surface area (Å²) in [5.41, 5.74) is 1.84. The Morgan fingerprint density at radius 3 is 2.96 bits per heavy atom. The van der Waals surface area contributed by atoms with Gasteiger partial charge in [0, 0.05) is 11.4 Å². The van der Waals surface area contributed by atoms with Gasteiger partial charge in [0.15, 0.2) is 11.5 Å². The number of para-hydroxylation sites is 2. The smallest absolute Gasteiger partial charge is 0.253 e. The maximum absolute atomic E-state index is 12.1. The maximum Gasteiger partial charge on any atom is 0.253 e. The molecular weight excluding hydrogens is 366 g/mol. The van der Waals surface area contributed by atoms with E-state index in [-0.39, 0.29) is 17.8 Å². The van der Waals surface area contributed by atoms with E-state index in [0.29, 0.717) is 29.8 Å². The van der Waals surface area contributed by atoms with E-state index < -0.39 is 0 Å². The summed E-state index contributed by atoms with van der Waals surface area (Å²) in [5, 5.41) is 7.77. The lowest BCUT2D eigenvalue weighted by molar-refractivity contribution is -0.119. The van der Waals surface area contributed by atoms with Gasteiger partial charge in [-0.15, -0.1) is 5.10 Å². The van der Waals surface area contributed by atoms with E-state index in [2.05, 4.69) is 20.4 Å². The van der Waals surface area contributed by atoms with Crippen molar-refractivity contribution >= 4 is 23.4 Å². The van der Waals surface area contributed by atoms with Gasteiger partial charge in [0.05, 0.1) is 12.3 Å². The minimum Gasteiger partial charge on any atom is -0.486 e. The molecule has 2 aromatic heterocycles. The third-order valence-electron chi connectivity index (χ3n) is 4.03. The molecule has 1 aliphatic rings. The van der Waals surface area contributed by atoms with E-state index in [9.17, 15) is 4.79 Å². The van der Waals surface area contributed by atoms with Crippen LogP contribution in [0.1, 0.15) is 11.4 Å². The number of amides is 1. The van der Waals surface area contributed by atoms with Crippen LogP contribution in [0.4, 0.5) is 0 Å². The molecular formula is C18H19N5O3S. The maximum atomic E-state index is 12.1. The lowest BCUT2D eigenvalue weighted by Crippen LogP contribution is -2.41. The van der Waals surface area contributed by atoms with Crippen LogP contribution < -0.4 is 14.8 Å². The van der Waals surface area contributed by atoms with Crippen molar-refractivity contribution in [2.75, 3.05) is 18.9 Å². The van der Waals surface area contributed by atoms with Gasteiger partial charge >= 0.3 is 0 Å². The number of thioether (sulfide) groups is 1. The first-order valence-electron chi connectivity index (χ1n) is 8.57. The molecule has 0 bridgehead atoms. The van der Waals surface area contributed by atoms with Crippen molar-refractivity contribution in [2.24, 2.45) is 0 Å². The van der Waals surface area contributed by atoms with Crippen LogP contribution >= 0.6 is 11.8 Å². The van der Waals surface area contributed by atoms with Gasteiger partial charge in [-0.1, -0.05) is 23.9 Å². The molecule has 1 atom stereocenters. The van der Waals surface area contributed by atoms with Gasteiger partial charge in [0.25, 0.3) is 5.78 Å². The predicted molar refractivity (Wildman–Crippen MR) is 100 cm³/mol. The molecule has 0 saturated heterocycles. The average molecular weight is 385 g/mol. The molecule has 1 unspecified atom stereocenters. The Morgan fingerprint density at radius 2 is 2.11 bits per heavy atom. The number of aryl methyl sites for hydroxylation is 2. The molecule has 0 fully saturated rings. The Morgan fingerprint density at radius 1 is 1.30 bits per heavy atom. The highest BCUT2D eigenvalue weighted by molar-refractivity contribution is 7.99. The van der Waals surface area contributed by atoms with Gasteiger partial charge in [0.2, 0.25) is 11.1 Å². The molecule has 8 nitrogen and oxygen atoms in total.